The van der Waals surface area contributed by atoms with E-state index in [0.717, 1.165) is 11.3 Å². The smallest absolute Gasteiger partial charge is 0.262 e. The Morgan fingerprint density at radius 1 is 0.943 bits per heavy atom. The molecule has 0 radical (unpaired) electrons. The molecule has 3 aromatic rings. The molecule has 1 aliphatic rings. The molecule has 1 aliphatic heterocycles. The van der Waals surface area contributed by atoms with Gasteiger partial charge in [-0.3, -0.25) is 14.4 Å². The minimum absolute atomic E-state index is 0.106. The van der Waals surface area contributed by atoms with E-state index in [2.05, 4.69) is 10.6 Å². The Labute approximate surface area is 203 Å². The van der Waals surface area contributed by atoms with Gasteiger partial charge in [0.2, 0.25) is 11.8 Å². The number of benzene rings is 3. The number of methoxy groups -OCH3 is 1. The number of rotatable bonds is 9. The summed E-state index contributed by atoms with van der Waals surface area (Å²) in [6.07, 6.45) is 0.159. The fourth-order valence-electron chi connectivity index (χ4n) is 3.80. The molecular weight excluding hydrogens is 446 g/mol. The van der Waals surface area contributed by atoms with Gasteiger partial charge in [-0.25, -0.2) is 0 Å². The van der Waals surface area contributed by atoms with E-state index in [1.165, 1.54) is 0 Å². The zero-order valence-corrected chi connectivity index (χ0v) is 19.4. The van der Waals surface area contributed by atoms with Crippen molar-refractivity contribution in [3.63, 3.8) is 0 Å². The molecule has 35 heavy (non-hydrogen) atoms. The van der Waals surface area contributed by atoms with Crippen molar-refractivity contribution in [3.8, 4) is 11.5 Å². The second-order valence-electron chi connectivity index (χ2n) is 8.17. The molecule has 8 nitrogen and oxygen atoms in total. The molecule has 1 unspecified atom stereocenters. The van der Waals surface area contributed by atoms with Crippen LogP contribution in [0.4, 0.5) is 11.4 Å². The minimum atomic E-state index is -0.418. The fraction of sp³-hybridized carbons (Fsp3) is 0.222. The first-order valence-electron chi connectivity index (χ1n) is 11.3. The Hall–Kier alpha value is -4.33. The zero-order chi connectivity index (χ0) is 24.6. The molecule has 3 aromatic carbocycles. The number of carbonyl (C=O) groups is 3. The normalized spacial score (nSPS) is 14.9. The maximum atomic E-state index is 12.6. The third kappa shape index (κ3) is 6.38. The fourth-order valence-corrected chi connectivity index (χ4v) is 3.80. The second-order valence-corrected chi connectivity index (χ2v) is 8.17. The Morgan fingerprint density at radius 3 is 2.31 bits per heavy atom. The first-order valence-corrected chi connectivity index (χ1v) is 11.3. The van der Waals surface area contributed by atoms with Gasteiger partial charge in [-0.05, 0) is 54.1 Å². The molecule has 1 atom stereocenters. The lowest BCUT2D eigenvalue weighted by atomic mass is 10.1. The van der Waals surface area contributed by atoms with Crippen molar-refractivity contribution >= 4 is 29.1 Å². The molecule has 1 heterocycles. The van der Waals surface area contributed by atoms with Crippen molar-refractivity contribution in [2.45, 2.75) is 13.0 Å². The van der Waals surface area contributed by atoms with Gasteiger partial charge in [-0.1, -0.05) is 30.3 Å². The maximum Gasteiger partial charge on any atom is 0.262 e. The van der Waals surface area contributed by atoms with E-state index < -0.39 is 5.92 Å². The molecule has 0 spiro atoms. The number of amides is 3. The Morgan fingerprint density at radius 2 is 1.63 bits per heavy atom. The summed E-state index contributed by atoms with van der Waals surface area (Å²) in [6.45, 7) is 0.567. The van der Waals surface area contributed by atoms with E-state index in [1.807, 2.05) is 42.5 Å². The van der Waals surface area contributed by atoms with Crippen molar-refractivity contribution in [3.05, 3.63) is 84.4 Å². The molecule has 0 aromatic heterocycles. The Balaban J connectivity index is 1.26. The number of carbonyl (C=O) groups excluding carboxylic acids is 3. The maximum absolute atomic E-state index is 12.6. The van der Waals surface area contributed by atoms with E-state index in [-0.39, 0.29) is 30.7 Å². The highest BCUT2D eigenvalue weighted by molar-refractivity contribution is 6.00. The van der Waals surface area contributed by atoms with Crippen LogP contribution in [0.2, 0.25) is 0 Å². The molecule has 8 heteroatoms. The number of anilines is 2. The van der Waals surface area contributed by atoms with Gasteiger partial charge >= 0.3 is 0 Å². The average Bonchev–Trinajstić information content (AvgIpc) is 3.29. The molecule has 0 aliphatic carbocycles. The van der Waals surface area contributed by atoms with Crippen molar-refractivity contribution in [2.24, 2.45) is 5.92 Å². The summed E-state index contributed by atoms with van der Waals surface area (Å²) in [6, 6.07) is 23.5. The number of nitrogens with zero attached hydrogens (tertiary/aromatic N) is 1. The first kappa shape index (κ1) is 23.8. The highest BCUT2D eigenvalue weighted by atomic mass is 16.5. The second kappa shape index (κ2) is 11.2. The largest absolute Gasteiger partial charge is 0.497 e. The lowest BCUT2D eigenvalue weighted by Crippen LogP contribution is -2.32. The predicted molar refractivity (Wildman–Crippen MR) is 132 cm³/mol. The molecule has 1 fully saturated rings. The molecule has 2 N–H and O–H groups in total. The summed E-state index contributed by atoms with van der Waals surface area (Å²) in [5.41, 5.74) is 2.33. The predicted octanol–water partition coefficient (Wildman–Crippen LogP) is 3.38. The van der Waals surface area contributed by atoms with Crippen LogP contribution in [0.3, 0.4) is 0 Å². The van der Waals surface area contributed by atoms with Gasteiger partial charge in [-0.2, -0.15) is 0 Å². The van der Waals surface area contributed by atoms with Crippen LogP contribution in [0.25, 0.3) is 0 Å². The summed E-state index contributed by atoms with van der Waals surface area (Å²) in [7, 11) is 1.60. The molecule has 180 valence electrons. The van der Waals surface area contributed by atoms with Crippen LogP contribution in [0.15, 0.2) is 78.9 Å². The third-order valence-electron chi connectivity index (χ3n) is 5.70. The van der Waals surface area contributed by atoms with Crippen molar-refractivity contribution < 1.29 is 23.9 Å². The highest BCUT2D eigenvalue weighted by Gasteiger charge is 2.35. The third-order valence-corrected chi connectivity index (χ3v) is 5.70. The summed E-state index contributed by atoms with van der Waals surface area (Å²) in [5, 5.41) is 5.66. The van der Waals surface area contributed by atoms with E-state index in [0.29, 0.717) is 30.2 Å². The number of ether oxygens (including phenoxy) is 2. The van der Waals surface area contributed by atoms with Gasteiger partial charge in [0.05, 0.1) is 13.0 Å². The zero-order valence-electron chi connectivity index (χ0n) is 19.4. The summed E-state index contributed by atoms with van der Waals surface area (Å²) >= 11 is 0. The monoisotopic (exact) mass is 473 g/mol. The van der Waals surface area contributed by atoms with Gasteiger partial charge in [0.15, 0.2) is 6.61 Å². The average molecular weight is 474 g/mol. The van der Waals surface area contributed by atoms with Crippen LogP contribution >= 0.6 is 0 Å². The van der Waals surface area contributed by atoms with Crippen LogP contribution in [0, 0.1) is 5.92 Å². The topological polar surface area (TPSA) is 97.0 Å². The SMILES string of the molecule is COc1ccc(CNC(=O)C2CC(=O)N(c3ccc(OCC(=O)Nc4ccccc4)cc3)C2)cc1. The molecule has 4 rings (SSSR count). The molecule has 0 bridgehead atoms. The van der Waals surface area contributed by atoms with Crippen LogP contribution in [-0.4, -0.2) is 38.0 Å². The Kier molecular flexibility index (Phi) is 7.62. The summed E-state index contributed by atoms with van der Waals surface area (Å²) < 4.78 is 10.7. The lowest BCUT2D eigenvalue weighted by molar-refractivity contribution is -0.126. The lowest BCUT2D eigenvalue weighted by Gasteiger charge is -2.17. The molecule has 1 saturated heterocycles. The standard InChI is InChI=1S/C27H27N3O5/c1-34-23-11-7-19(8-12-23)16-28-27(33)20-15-26(32)30(17-20)22-9-13-24(14-10-22)35-18-25(31)29-21-5-3-2-4-6-21/h2-14,20H,15-18H2,1H3,(H,28,33)(H,29,31). The van der Waals surface area contributed by atoms with Crippen LogP contribution < -0.4 is 25.0 Å². The van der Waals surface area contributed by atoms with Crippen LogP contribution in [0.5, 0.6) is 11.5 Å². The first-order chi connectivity index (χ1) is 17.0. The summed E-state index contributed by atoms with van der Waals surface area (Å²) in [5.74, 6) is 0.324. The van der Waals surface area contributed by atoms with Crippen molar-refractivity contribution in [2.75, 3.05) is 30.5 Å². The van der Waals surface area contributed by atoms with E-state index >= 15 is 0 Å². The van der Waals surface area contributed by atoms with E-state index in [1.54, 1.807) is 48.4 Å². The summed E-state index contributed by atoms with van der Waals surface area (Å²) in [4.78, 5) is 38.8. The molecular formula is C27H27N3O5. The number of hydrogen-bond donors (Lipinski definition) is 2. The van der Waals surface area contributed by atoms with Gasteiger partial charge in [0.25, 0.3) is 5.91 Å². The minimum Gasteiger partial charge on any atom is -0.497 e. The number of para-hydroxylation sites is 1. The number of hydrogen-bond acceptors (Lipinski definition) is 5. The van der Waals surface area contributed by atoms with E-state index in [4.69, 9.17) is 9.47 Å². The van der Waals surface area contributed by atoms with Crippen LogP contribution in [-0.2, 0) is 20.9 Å². The Bertz CT molecular complexity index is 1160. The molecule has 3 amide bonds. The molecule has 0 saturated carbocycles. The van der Waals surface area contributed by atoms with Crippen molar-refractivity contribution in [1.29, 1.82) is 0 Å². The van der Waals surface area contributed by atoms with Gasteiger partial charge in [-0.15, -0.1) is 0 Å². The van der Waals surface area contributed by atoms with E-state index in [9.17, 15) is 14.4 Å². The van der Waals surface area contributed by atoms with Crippen molar-refractivity contribution in [1.82, 2.24) is 5.32 Å². The quantitative estimate of drug-likeness (QED) is 0.497. The van der Waals surface area contributed by atoms with Gasteiger partial charge < -0.3 is 25.0 Å². The number of nitrogens with one attached hydrogen (secondary N) is 2. The van der Waals surface area contributed by atoms with Gasteiger partial charge in [0.1, 0.15) is 11.5 Å². The highest BCUT2D eigenvalue weighted by Crippen LogP contribution is 2.27. The van der Waals surface area contributed by atoms with Crippen LogP contribution in [0.1, 0.15) is 12.0 Å². The van der Waals surface area contributed by atoms with Gasteiger partial charge in [0, 0.05) is 30.9 Å².